The summed E-state index contributed by atoms with van der Waals surface area (Å²) in [5.74, 6) is -0.506. The average Bonchev–Trinajstić information content (AvgIpc) is 3.25. The number of esters is 1. The molecule has 2 aromatic heterocycles. The predicted octanol–water partition coefficient (Wildman–Crippen LogP) is 5.13. The van der Waals surface area contributed by atoms with Gasteiger partial charge in [0.2, 0.25) is 5.91 Å². The molecule has 0 spiro atoms. The first-order chi connectivity index (χ1) is 13.4. The SMILES string of the molecule is CCC(C)OC(=O)c1c(NC(=O)C(CC)n2cc(Br)cn2)sc2c1CCCC2. The van der Waals surface area contributed by atoms with Gasteiger partial charge in [-0.1, -0.05) is 13.8 Å². The molecular weight excluding hydrogens is 442 g/mol. The maximum absolute atomic E-state index is 13.0. The third-order valence-electron chi connectivity index (χ3n) is 5.07. The highest BCUT2D eigenvalue weighted by molar-refractivity contribution is 9.10. The highest BCUT2D eigenvalue weighted by atomic mass is 79.9. The maximum atomic E-state index is 13.0. The third-order valence-corrected chi connectivity index (χ3v) is 6.69. The molecule has 8 heteroatoms. The van der Waals surface area contributed by atoms with Crippen molar-refractivity contribution in [3.05, 3.63) is 32.9 Å². The summed E-state index contributed by atoms with van der Waals surface area (Å²) >= 11 is 4.88. The van der Waals surface area contributed by atoms with E-state index in [0.717, 1.165) is 42.1 Å². The Balaban J connectivity index is 1.89. The van der Waals surface area contributed by atoms with Crippen LogP contribution in [0.5, 0.6) is 0 Å². The van der Waals surface area contributed by atoms with Gasteiger partial charge >= 0.3 is 5.97 Å². The maximum Gasteiger partial charge on any atom is 0.341 e. The number of carbonyl (C=O) groups is 2. The van der Waals surface area contributed by atoms with E-state index in [9.17, 15) is 9.59 Å². The number of amides is 1. The van der Waals surface area contributed by atoms with Gasteiger partial charge in [-0.3, -0.25) is 9.48 Å². The molecule has 0 saturated carbocycles. The van der Waals surface area contributed by atoms with E-state index in [4.69, 9.17) is 4.74 Å². The van der Waals surface area contributed by atoms with Crippen molar-refractivity contribution in [2.24, 2.45) is 0 Å². The van der Waals surface area contributed by atoms with Crippen molar-refractivity contribution in [1.82, 2.24) is 9.78 Å². The van der Waals surface area contributed by atoms with E-state index < -0.39 is 6.04 Å². The zero-order valence-corrected chi connectivity index (χ0v) is 18.9. The molecule has 6 nitrogen and oxygen atoms in total. The zero-order valence-electron chi connectivity index (χ0n) is 16.5. The minimum absolute atomic E-state index is 0.153. The molecule has 0 radical (unpaired) electrons. The van der Waals surface area contributed by atoms with E-state index >= 15 is 0 Å². The molecule has 152 valence electrons. The standard InChI is InChI=1S/C20H26BrN3O3S/c1-4-12(3)27-20(26)17-14-8-6-7-9-16(14)28-19(17)23-18(25)15(5-2)24-11-13(21)10-22-24/h10-12,15H,4-9H2,1-3H3,(H,23,25). The largest absolute Gasteiger partial charge is 0.459 e. The number of anilines is 1. The summed E-state index contributed by atoms with van der Waals surface area (Å²) in [6.45, 7) is 5.81. The van der Waals surface area contributed by atoms with Crippen molar-refractivity contribution < 1.29 is 14.3 Å². The minimum atomic E-state index is -0.441. The summed E-state index contributed by atoms with van der Waals surface area (Å²) in [5.41, 5.74) is 1.60. The number of hydrogen-bond donors (Lipinski definition) is 1. The molecule has 1 amide bonds. The topological polar surface area (TPSA) is 73.2 Å². The molecule has 0 aromatic carbocycles. The van der Waals surface area contributed by atoms with E-state index in [0.29, 0.717) is 17.0 Å². The second-order valence-corrected chi connectivity index (χ2v) is 9.11. The molecule has 28 heavy (non-hydrogen) atoms. The molecule has 0 aliphatic heterocycles. The van der Waals surface area contributed by atoms with E-state index in [1.165, 1.54) is 16.2 Å². The molecule has 1 aliphatic carbocycles. The van der Waals surface area contributed by atoms with Gasteiger partial charge in [0.1, 0.15) is 11.0 Å². The van der Waals surface area contributed by atoms with E-state index in [1.807, 2.05) is 20.8 Å². The normalized spacial score (nSPS) is 15.6. The first-order valence-corrected chi connectivity index (χ1v) is 11.4. The van der Waals surface area contributed by atoms with E-state index in [1.54, 1.807) is 17.1 Å². The van der Waals surface area contributed by atoms with Gasteiger partial charge in [-0.05, 0) is 66.9 Å². The molecule has 2 atom stereocenters. The molecule has 1 aliphatic rings. The van der Waals surface area contributed by atoms with Crippen LogP contribution in [-0.2, 0) is 22.4 Å². The number of aromatic nitrogens is 2. The Morgan fingerprint density at radius 2 is 2.07 bits per heavy atom. The molecule has 0 fully saturated rings. The van der Waals surface area contributed by atoms with E-state index in [2.05, 4.69) is 26.3 Å². The molecule has 1 N–H and O–H groups in total. The first kappa shape index (κ1) is 21.0. The predicted molar refractivity (Wildman–Crippen MR) is 114 cm³/mol. The van der Waals surface area contributed by atoms with Crippen LogP contribution >= 0.6 is 27.3 Å². The number of rotatable bonds is 7. The van der Waals surface area contributed by atoms with Gasteiger partial charge in [0.25, 0.3) is 0 Å². The van der Waals surface area contributed by atoms with Crippen LogP contribution in [-0.4, -0.2) is 27.8 Å². The Hall–Kier alpha value is -1.67. The lowest BCUT2D eigenvalue weighted by molar-refractivity contribution is -0.119. The van der Waals surface area contributed by atoms with Crippen molar-refractivity contribution in [2.75, 3.05) is 5.32 Å². The number of halogens is 1. The Labute approximate surface area is 177 Å². The molecular formula is C20H26BrN3O3S. The summed E-state index contributed by atoms with van der Waals surface area (Å²) in [6.07, 6.45) is 8.61. The number of aryl methyl sites for hydroxylation is 1. The van der Waals surface area contributed by atoms with Crippen LogP contribution in [0.2, 0.25) is 0 Å². The second-order valence-electron chi connectivity index (χ2n) is 7.09. The second kappa shape index (κ2) is 9.22. The number of carbonyl (C=O) groups excluding carboxylic acids is 2. The minimum Gasteiger partial charge on any atom is -0.459 e. The fourth-order valence-corrected chi connectivity index (χ4v) is 4.95. The molecule has 2 heterocycles. The van der Waals surface area contributed by atoms with Crippen LogP contribution < -0.4 is 5.32 Å². The lowest BCUT2D eigenvalue weighted by atomic mass is 9.95. The van der Waals surface area contributed by atoms with E-state index in [-0.39, 0.29) is 18.0 Å². The Kier molecular flexibility index (Phi) is 6.93. The Morgan fingerprint density at radius 1 is 1.32 bits per heavy atom. The third kappa shape index (κ3) is 4.49. The fourth-order valence-electron chi connectivity index (χ4n) is 3.37. The number of fused-ring (bicyclic) bond motifs is 1. The molecule has 0 bridgehead atoms. The number of ether oxygens (including phenoxy) is 1. The van der Waals surface area contributed by atoms with Crippen molar-refractivity contribution >= 4 is 44.1 Å². The van der Waals surface area contributed by atoms with Crippen LogP contribution in [0.15, 0.2) is 16.9 Å². The summed E-state index contributed by atoms with van der Waals surface area (Å²) in [4.78, 5) is 27.0. The van der Waals surface area contributed by atoms with Gasteiger partial charge in [-0.25, -0.2) is 4.79 Å². The van der Waals surface area contributed by atoms with Crippen molar-refractivity contribution in [3.8, 4) is 0 Å². The van der Waals surface area contributed by atoms with Crippen LogP contribution in [0, 0.1) is 0 Å². The van der Waals surface area contributed by atoms with Crippen LogP contribution in [0.25, 0.3) is 0 Å². The molecule has 2 aromatic rings. The fraction of sp³-hybridized carbons (Fsp3) is 0.550. The van der Waals surface area contributed by atoms with Crippen molar-refractivity contribution in [3.63, 3.8) is 0 Å². The summed E-state index contributed by atoms with van der Waals surface area (Å²) in [5, 5.41) is 7.85. The smallest absolute Gasteiger partial charge is 0.341 e. The number of hydrogen-bond acceptors (Lipinski definition) is 5. The lowest BCUT2D eigenvalue weighted by Gasteiger charge is -2.17. The quantitative estimate of drug-likeness (QED) is 0.572. The average molecular weight is 468 g/mol. The Morgan fingerprint density at radius 3 is 2.71 bits per heavy atom. The number of thiophene rings is 1. The van der Waals surface area contributed by atoms with Gasteiger partial charge in [0, 0.05) is 11.1 Å². The summed E-state index contributed by atoms with van der Waals surface area (Å²) < 4.78 is 8.07. The van der Waals surface area contributed by atoms with Gasteiger partial charge in [-0.2, -0.15) is 5.10 Å². The molecule has 0 saturated heterocycles. The van der Waals surface area contributed by atoms with Gasteiger partial charge in [-0.15, -0.1) is 11.3 Å². The summed E-state index contributed by atoms with van der Waals surface area (Å²) in [6, 6.07) is -0.441. The molecule has 3 rings (SSSR count). The van der Waals surface area contributed by atoms with Crippen LogP contribution in [0.4, 0.5) is 5.00 Å². The zero-order chi connectivity index (χ0) is 20.3. The van der Waals surface area contributed by atoms with Gasteiger partial charge in [0.15, 0.2) is 0 Å². The van der Waals surface area contributed by atoms with Crippen molar-refractivity contribution in [1.29, 1.82) is 0 Å². The van der Waals surface area contributed by atoms with Gasteiger partial charge in [0.05, 0.1) is 22.3 Å². The number of nitrogens with one attached hydrogen (secondary N) is 1. The summed E-state index contributed by atoms with van der Waals surface area (Å²) in [7, 11) is 0. The monoisotopic (exact) mass is 467 g/mol. The van der Waals surface area contributed by atoms with Crippen LogP contribution in [0.1, 0.15) is 73.3 Å². The first-order valence-electron chi connectivity index (χ1n) is 9.80. The lowest BCUT2D eigenvalue weighted by Crippen LogP contribution is -2.26. The Bertz CT molecular complexity index is 861. The van der Waals surface area contributed by atoms with Crippen LogP contribution in [0.3, 0.4) is 0 Å². The van der Waals surface area contributed by atoms with Gasteiger partial charge < -0.3 is 10.1 Å². The highest BCUT2D eigenvalue weighted by Gasteiger charge is 2.29. The highest BCUT2D eigenvalue weighted by Crippen LogP contribution is 2.39. The van der Waals surface area contributed by atoms with Crippen molar-refractivity contribution in [2.45, 2.75) is 71.4 Å². The molecule has 2 unspecified atom stereocenters. The number of nitrogens with zero attached hydrogens (tertiary/aromatic N) is 2.